The Kier molecular flexibility index (Phi) is 3.97. The maximum absolute atomic E-state index is 12.9. The predicted molar refractivity (Wildman–Crippen MR) is 100 cm³/mol. The fourth-order valence-corrected chi connectivity index (χ4v) is 3.28. The van der Waals surface area contributed by atoms with Gasteiger partial charge in [-0.05, 0) is 49.1 Å². The van der Waals surface area contributed by atoms with Crippen LogP contribution in [0.2, 0.25) is 0 Å². The van der Waals surface area contributed by atoms with Crippen LogP contribution in [0.5, 0.6) is 11.5 Å². The quantitative estimate of drug-likeness (QED) is 0.771. The van der Waals surface area contributed by atoms with Crippen molar-refractivity contribution in [3.8, 4) is 11.5 Å². The molecule has 0 aliphatic carbocycles. The highest BCUT2D eigenvalue weighted by molar-refractivity contribution is 8.13. The van der Waals surface area contributed by atoms with Gasteiger partial charge in [0, 0.05) is 0 Å². The van der Waals surface area contributed by atoms with Gasteiger partial charge in [0.1, 0.15) is 5.70 Å². The van der Waals surface area contributed by atoms with Gasteiger partial charge < -0.3 is 9.47 Å². The van der Waals surface area contributed by atoms with Crippen molar-refractivity contribution >= 4 is 34.6 Å². The van der Waals surface area contributed by atoms with Gasteiger partial charge in [-0.2, -0.15) is 0 Å². The molecule has 0 radical (unpaired) electrons. The molecule has 6 heteroatoms. The second-order valence-corrected chi connectivity index (χ2v) is 6.49. The van der Waals surface area contributed by atoms with E-state index in [2.05, 4.69) is 4.99 Å². The van der Waals surface area contributed by atoms with Crippen molar-refractivity contribution < 1.29 is 14.3 Å². The molecule has 126 valence electrons. The van der Waals surface area contributed by atoms with E-state index in [1.807, 2.05) is 55.6 Å². The normalized spacial score (nSPS) is 17.4. The Bertz CT molecular complexity index is 903. The molecule has 0 spiro atoms. The fraction of sp³-hybridized carbons (Fsp3) is 0.158. The third kappa shape index (κ3) is 2.89. The van der Waals surface area contributed by atoms with Crippen molar-refractivity contribution in [1.82, 2.24) is 0 Å². The van der Waals surface area contributed by atoms with E-state index in [1.54, 1.807) is 11.0 Å². The second kappa shape index (κ2) is 6.29. The zero-order valence-corrected chi connectivity index (χ0v) is 14.7. The average molecular weight is 352 g/mol. The van der Waals surface area contributed by atoms with Crippen molar-refractivity contribution in [1.29, 1.82) is 0 Å². The van der Waals surface area contributed by atoms with Gasteiger partial charge in [0.2, 0.25) is 6.79 Å². The lowest BCUT2D eigenvalue weighted by Gasteiger charge is -2.16. The van der Waals surface area contributed by atoms with Gasteiger partial charge in [0.25, 0.3) is 5.91 Å². The van der Waals surface area contributed by atoms with Crippen LogP contribution in [-0.4, -0.2) is 24.1 Å². The van der Waals surface area contributed by atoms with Crippen molar-refractivity contribution in [3.63, 3.8) is 0 Å². The molecule has 0 unspecified atom stereocenters. The number of benzene rings is 2. The van der Waals surface area contributed by atoms with E-state index in [1.165, 1.54) is 11.8 Å². The fourth-order valence-electron chi connectivity index (χ4n) is 2.72. The summed E-state index contributed by atoms with van der Waals surface area (Å²) in [6, 6.07) is 13.4. The number of ether oxygens (including phenoxy) is 2. The Hall–Kier alpha value is -2.73. The van der Waals surface area contributed by atoms with E-state index in [0.717, 1.165) is 22.6 Å². The van der Waals surface area contributed by atoms with Crippen molar-refractivity contribution in [2.45, 2.75) is 6.92 Å². The van der Waals surface area contributed by atoms with Crippen LogP contribution in [0.3, 0.4) is 0 Å². The van der Waals surface area contributed by atoms with Crippen molar-refractivity contribution in [2.75, 3.05) is 17.9 Å². The zero-order chi connectivity index (χ0) is 17.4. The van der Waals surface area contributed by atoms with Crippen LogP contribution in [0.25, 0.3) is 6.08 Å². The molecule has 0 aromatic heterocycles. The van der Waals surface area contributed by atoms with Crippen LogP contribution in [0.15, 0.2) is 53.2 Å². The minimum atomic E-state index is -0.133. The Labute approximate surface area is 150 Å². The number of anilines is 1. The number of thioether (sulfide) groups is 1. The van der Waals surface area contributed by atoms with Gasteiger partial charge in [-0.1, -0.05) is 35.5 Å². The number of aryl methyl sites for hydroxylation is 1. The number of nitrogens with zero attached hydrogens (tertiary/aromatic N) is 2. The van der Waals surface area contributed by atoms with Gasteiger partial charge in [-0.3, -0.25) is 9.69 Å². The van der Waals surface area contributed by atoms with E-state index in [9.17, 15) is 4.79 Å². The standard InChI is InChI=1S/C19H16N2O3S/c1-12-3-6-14(7-4-12)21-18(22)15(20-19(21)25-2)9-13-5-8-16-17(10-13)24-11-23-16/h3-10H,11H2,1-2H3/b15-9-. The van der Waals surface area contributed by atoms with Crippen LogP contribution in [-0.2, 0) is 4.79 Å². The Morgan fingerprint density at radius 2 is 1.88 bits per heavy atom. The van der Waals surface area contributed by atoms with Gasteiger partial charge in [0.05, 0.1) is 5.69 Å². The highest BCUT2D eigenvalue weighted by atomic mass is 32.2. The van der Waals surface area contributed by atoms with E-state index in [4.69, 9.17) is 9.47 Å². The molecule has 2 aromatic rings. The average Bonchev–Trinajstić information content (AvgIpc) is 3.20. The maximum Gasteiger partial charge on any atom is 0.283 e. The molecule has 5 nitrogen and oxygen atoms in total. The van der Waals surface area contributed by atoms with E-state index in [-0.39, 0.29) is 12.7 Å². The second-order valence-electron chi connectivity index (χ2n) is 5.72. The number of aliphatic imine (C=N–C) groups is 1. The molecule has 0 bridgehead atoms. The lowest BCUT2D eigenvalue weighted by Crippen LogP contribution is -2.29. The molecule has 1 amide bonds. The molecule has 0 atom stereocenters. The number of fused-ring (bicyclic) bond motifs is 1. The molecular weight excluding hydrogens is 336 g/mol. The van der Waals surface area contributed by atoms with Gasteiger partial charge in [0.15, 0.2) is 16.7 Å². The van der Waals surface area contributed by atoms with E-state index >= 15 is 0 Å². The SMILES string of the molecule is CSC1=N/C(=C\c2ccc3c(c2)OCO3)C(=O)N1c1ccc(C)cc1. The number of hydrogen-bond donors (Lipinski definition) is 0. The highest BCUT2D eigenvalue weighted by Crippen LogP contribution is 2.34. The first kappa shape index (κ1) is 15.8. The summed E-state index contributed by atoms with van der Waals surface area (Å²) in [5.74, 6) is 1.27. The summed E-state index contributed by atoms with van der Waals surface area (Å²) in [5, 5.41) is 0.667. The van der Waals surface area contributed by atoms with Crippen LogP contribution in [0.1, 0.15) is 11.1 Å². The highest BCUT2D eigenvalue weighted by Gasteiger charge is 2.31. The Morgan fingerprint density at radius 3 is 2.64 bits per heavy atom. The van der Waals surface area contributed by atoms with Crippen LogP contribution in [0.4, 0.5) is 5.69 Å². The smallest absolute Gasteiger partial charge is 0.283 e. The summed E-state index contributed by atoms with van der Waals surface area (Å²) in [4.78, 5) is 19.0. The molecule has 0 N–H and O–H groups in total. The molecule has 2 aliphatic heterocycles. The molecule has 0 fully saturated rings. The first-order chi connectivity index (χ1) is 12.2. The number of carbonyl (C=O) groups is 1. The third-order valence-corrected chi connectivity index (χ3v) is 4.64. The van der Waals surface area contributed by atoms with E-state index < -0.39 is 0 Å². The van der Waals surface area contributed by atoms with E-state index in [0.29, 0.717) is 16.6 Å². The minimum Gasteiger partial charge on any atom is -0.454 e. The van der Waals surface area contributed by atoms with Crippen molar-refractivity contribution in [3.05, 3.63) is 59.3 Å². The number of carbonyl (C=O) groups excluding carboxylic acids is 1. The lowest BCUT2D eigenvalue weighted by molar-refractivity contribution is -0.113. The van der Waals surface area contributed by atoms with Gasteiger partial charge >= 0.3 is 0 Å². The molecule has 0 saturated carbocycles. The number of rotatable bonds is 2. The number of amidine groups is 1. The maximum atomic E-state index is 12.9. The molecule has 2 aliphatic rings. The third-order valence-electron chi connectivity index (χ3n) is 4.00. The summed E-state index contributed by atoms with van der Waals surface area (Å²) < 4.78 is 10.7. The summed E-state index contributed by atoms with van der Waals surface area (Å²) in [5.41, 5.74) is 3.22. The Balaban J connectivity index is 1.68. The van der Waals surface area contributed by atoms with Crippen molar-refractivity contribution in [2.24, 2.45) is 4.99 Å². The molecule has 4 rings (SSSR count). The summed E-state index contributed by atoms with van der Waals surface area (Å²) in [6.45, 7) is 2.24. The molecule has 0 saturated heterocycles. The van der Waals surface area contributed by atoms with Gasteiger partial charge in [-0.15, -0.1) is 0 Å². The van der Waals surface area contributed by atoms with Gasteiger partial charge in [-0.25, -0.2) is 4.99 Å². The lowest BCUT2D eigenvalue weighted by atomic mass is 10.1. The monoisotopic (exact) mass is 352 g/mol. The van der Waals surface area contributed by atoms with Crippen LogP contribution >= 0.6 is 11.8 Å². The molecule has 2 heterocycles. The summed E-state index contributed by atoms with van der Waals surface area (Å²) >= 11 is 1.45. The first-order valence-electron chi connectivity index (χ1n) is 7.81. The summed E-state index contributed by atoms with van der Waals surface area (Å²) in [7, 11) is 0. The zero-order valence-electron chi connectivity index (χ0n) is 13.9. The van der Waals surface area contributed by atoms with Crippen LogP contribution < -0.4 is 14.4 Å². The molecule has 25 heavy (non-hydrogen) atoms. The largest absolute Gasteiger partial charge is 0.454 e. The predicted octanol–water partition coefficient (Wildman–Crippen LogP) is 3.83. The first-order valence-corrected chi connectivity index (χ1v) is 9.03. The number of hydrogen-bond acceptors (Lipinski definition) is 5. The Morgan fingerprint density at radius 1 is 1.12 bits per heavy atom. The minimum absolute atomic E-state index is 0.133. The molecular formula is C19H16N2O3S. The topological polar surface area (TPSA) is 51.1 Å². The van der Waals surface area contributed by atoms with Crippen LogP contribution in [0, 0.1) is 6.92 Å². The summed E-state index contributed by atoms with van der Waals surface area (Å²) in [6.07, 6.45) is 3.69. The molecule has 2 aromatic carbocycles. The number of amides is 1.